The lowest BCUT2D eigenvalue weighted by atomic mass is 9.59. The van der Waals surface area contributed by atoms with E-state index < -0.39 is 0 Å². The van der Waals surface area contributed by atoms with Gasteiger partial charge in [0.25, 0.3) is 0 Å². The molecule has 1 aromatic rings. The Morgan fingerprint density at radius 3 is 2.39 bits per heavy atom. The van der Waals surface area contributed by atoms with Crippen LogP contribution in [0.4, 0.5) is 0 Å². The van der Waals surface area contributed by atoms with Crippen molar-refractivity contribution in [2.75, 3.05) is 20.7 Å². The molecule has 0 spiro atoms. The highest BCUT2D eigenvalue weighted by Crippen LogP contribution is 2.49. The summed E-state index contributed by atoms with van der Waals surface area (Å²) in [6.45, 7) is 2.00. The van der Waals surface area contributed by atoms with E-state index in [0.717, 1.165) is 24.3 Å². The topological polar surface area (TPSA) is 29.5 Å². The van der Waals surface area contributed by atoms with E-state index in [1.54, 1.807) is 0 Å². The molecule has 0 radical (unpaired) electrons. The number of carbonyl (C=O) groups is 1. The summed E-state index contributed by atoms with van der Waals surface area (Å²) in [5.74, 6) is -0.189. The van der Waals surface area contributed by atoms with E-state index >= 15 is 0 Å². The molecule has 0 aliphatic heterocycles. The summed E-state index contributed by atoms with van der Waals surface area (Å²) in [6, 6.07) is 8.90. The molecule has 0 heterocycles. The Morgan fingerprint density at radius 1 is 1.26 bits per heavy atom. The van der Waals surface area contributed by atoms with Crippen LogP contribution in [-0.4, -0.2) is 37.6 Å². The fourth-order valence-electron chi connectivity index (χ4n) is 3.84. The molecule has 2 rings (SSSR count). The molecule has 0 amide bonds. The summed E-state index contributed by atoms with van der Waals surface area (Å²) < 4.78 is 5.04. The zero-order valence-corrected chi connectivity index (χ0v) is 15.2. The molecule has 1 saturated carbocycles. The van der Waals surface area contributed by atoms with Gasteiger partial charge in [0, 0.05) is 23.4 Å². The molecule has 1 aromatic carbocycles. The quantitative estimate of drug-likeness (QED) is 0.519. The molecule has 3 nitrogen and oxygen atoms in total. The van der Waals surface area contributed by atoms with Crippen LogP contribution in [0.15, 0.2) is 24.3 Å². The first-order valence-electron chi connectivity index (χ1n) is 8.51. The Hall–Kier alpha value is -1.06. The number of ether oxygens (including phenoxy) is 1. The van der Waals surface area contributed by atoms with Crippen LogP contribution in [0.5, 0.6) is 0 Å². The summed E-state index contributed by atoms with van der Waals surface area (Å²) in [7, 11) is 4.35. The average molecular weight is 338 g/mol. The molecule has 23 heavy (non-hydrogen) atoms. The summed E-state index contributed by atoms with van der Waals surface area (Å²) in [5, 5.41) is 0.797. The van der Waals surface area contributed by atoms with Gasteiger partial charge < -0.3 is 9.64 Å². The van der Waals surface area contributed by atoms with Crippen molar-refractivity contribution in [2.24, 2.45) is 0 Å². The third-order valence-electron chi connectivity index (χ3n) is 5.10. The average Bonchev–Trinajstić information content (AvgIpc) is 2.45. The number of hydrogen-bond acceptors (Lipinski definition) is 3. The minimum atomic E-state index is -0.189. The zero-order chi connectivity index (χ0) is 16.9. The van der Waals surface area contributed by atoms with Crippen molar-refractivity contribution >= 4 is 17.6 Å². The van der Waals surface area contributed by atoms with E-state index in [4.69, 9.17) is 16.3 Å². The maximum absolute atomic E-state index is 10.8. The van der Waals surface area contributed by atoms with E-state index in [2.05, 4.69) is 31.1 Å². The van der Waals surface area contributed by atoms with Gasteiger partial charge in [0.05, 0.1) is 6.61 Å². The van der Waals surface area contributed by atoms with Crippen LogP contribution in [0.25, 0.3) is 0 Å². The first-order chi connectivity index (χ1) is 11.0. The van der Waals surface area contributed by atoms with Crippen molar-refractivity contribution in [2.45, 2.75) is 56.9 Å². The number of rotatable bonds is 8. The van der Waals surface area contributed by atoms with Gasteiger partial charge in [-0.3, -0.25) is 4.79 Å². The molecule has 1 aliphatic rings. The van der Waals surface area contributed by atoms with Gasteiger partial charge in [-0.1, -0.05) is 30.2 Å². The number of nitrogens with zero attached hydrogens (tertiary/aromatic N) is 1. The van der Waals surface area contributed by atoms with E-state index in [1.165, 1.54) is 31.7 Å². The Kier molecular flexibility index (Phi) is 6.49. The minimum absolute atomic E-state index is 0.189. The highest BCUT2D eigenvalue weighted by molar-refractivity contribution is 6.30. The van der Waals surface area contributed by atoms with E-state index in [1.807, 2.05) is 12.1 Å². The Balaban J connectivity index is 2.02. The number of hydrogen-bond donors (Lipinski definition) is 0. The van der Waals surface area contributed by atoms with Crippen LogP contribution in [0.2, 0.25) is 5.02 Å². The molecular formula is C19H28ClNO2. The van der Waals surface area contributed by atoms with Crippen molar-refractivity contribution in [1.82, 2.24) is 4.90 Å². The number of carbonyl (C=O) groups excluding carboxylic acids is 1. The summed E-state index contributed by atoms with van der Waals surface area (Å²) in [4.78, 5) is 13.2. The maximum Gasteiger partial charge on any atom is 0.302 e. The Bertz CT molecular complexity index is 509. The summed E-state index contributed by atoms with van der Waals surface area (Å²) in [6.07, 6.45) is 6.90. The van der Waals surface area contributed by atoms with Crippen molar-refractivity contribution < 1.29 is 9.53 Å². The largest absolute Gasteiger partial charge is 0.466 e. The molecule has 1 fully saturated rings. The van der Waals surface area contributed by atoms with Crippen molar-refractivity contribution in [3.8, 4) is 0 Å². The Labute approximate surface area is 145 Å². The molecule has 0 N–H and O–H groups in total. The second-order valence-corrected chi connectivity index (χ2v) is 7.27. The lowest BCUT2D eigenvalue weighted by Gasteiger charge is -2.51. The standard InChI is InChI=1S/C19H28ClNO2/c1-15(22)23-14-5-4-7-18(21(2)3)19(12-6-13-19)16-8-10-17(20)11-9-16/h8-11,18H,4-7,12-14H2,1-3H3. The van der Waals surface area contributed by atoms with Gasteiger partial charge >= 0.3 is 5.97 Å². The third-order valence-corrected chi connectivity index (χ3v) is 5.36. The predicted molar refractivity (Wildman–Crippen MR) is 94.9 cm³/mol. The van der Waals surface area contributed by atoms with E-state index in [9.17, 15) is 4.79 Å². The van der Waals surface area contributed by atoms with Crippen LogP contribution in [0, 0.1) is 0 Å². The second kappa shape index (κ2) is 8.16. The van der Waals surface area contributed by atoms with E-state index in [-0.39, 0.29) is 11.4 Å². The number of benzene rings is 1. The summed E-state index contributed by atoms with van der Waals surface area (Å²) >= 11 is 6.06. The molecule has 0 aromatic heterocycles. The van der Waals surface area contributed by atoms with Gasteiger partial charge in [-0.25, -0.2) is 0 Å². The lowest BCUT2D eigenvalue weighted by molar-refractivity contribution is -0.141. The van der Waals surface area contributed by atoms with Gasteiger partial charge in [-0.15, -0.1) is 0 Å². The third kappa shape index (κ3) is 4.48. The van der Waals surface area contributed by atoms with Crippen molar-refractivity contribution in [3.63, 3.8) is 0 Å². The molecule has 0 bridgehead atoms. The lowest BCUT2D eigenvalue weighted by Crippen LogP contribution is -2.52. The molecule has 1 unspecified atom stereocenters. The molecule has 4 heteroatoms. The molecule has 1 aliphatic carbocycles. The minimum Gasteiger partial charge on any atom is -0.466 e. The number of halogens is 1. The number of likely N-dealkylation sites (N-methyl/N-ethyl adjacent to an activating group) is 1. The number of esters is 1. The van der Waals surface area contributed by atoms with Crippen molar-refractivity contribution in [3.05, 3.63) is 34.9 Å². The van der Waals surface area contributed by atoms with Gasteiger partial charge in [0.2, 0.25) is 0 Å². The van der Waals surface area contributed by atoms with Crippen LogP contribution < -0.4 is 0 Å². The van der Waals surface area contributed by atoms with Gasteiger partial charge in [-0.05, 0) is 63.9 Å². The number of unbranched alkanes of at least 4 members (excludes halogenated alkanes) is 1. The highest BCUT2D eigenvalue weighted by atomic mass is 35.5. The SMILES string of the molecule is CC(=O)OCCCCC(N(C)C)C1(c2ccc(Cl)cc2)CCC1. The highest BCUT2D eigenvalue weighted by Gasteiger charge is 2.45. The smallest absolute Gasteiger partial charge is 0.302 e. The monoisotopic (exact) mass is 337 g/mol. The maximum atomic E-state index is 10.8. The molecule has 128 valence electrons. The molecule has 0 saturated heterocycles. The predicted octanol–water partition coefficient (Wildman–Crippen LogP) is 4.43. The van der Waals surface area contributed by atoms with Crippen LogP contribution in [0.3, 0.4) is 0 Å². The Morgan fingerprint density at radius 2 is 1.91 bits per heavy atom. The first kappa shape index (κ1) is 18.3. The van der Waals surface area contributed by atoms with Crippen LogP contribution >= 0.6 is 11.6 Å². The van der Waals surface area contributed by atoms with Gasteiger partial charge in [0.15, 0.2) is 0 Å². The van der Waals surface area contributed by atoms with Crippen LogP contribution in [-0.2, 0) is 14.9 Å². The van der Waals surface area contributed by atoms with Crippen molar-refractivity contribution in [1.29, 1.82) is 0 Å². The molecular weight excluding hydrogens is 310 g/mol. The van der Waals surface area contributed by atoms with E-state index in [0.29, 0.717) is 12.6 Å². The molecule has 1 atom stereocenters. The first-order valence-corrected chi connectivity index (χ1v) is 8.89. The fraction of sp³-hybridized carbons (Fsp3) is 0.632. The fourth-order valence-corrected chi connectivity index (χ4v) is 3.96. The second-order valence-electron chi connectivity index (χ2n) is 6.83. The van der Waals surface area contributed by atoms with Crippen LogP contribution in [0.1, 0.15) is 51.0 Å². The van der Waals surface area contributed by atoms with Gasteiger partial charge in [0.1, 0.15) is 0 Å². The zero-order valence-electron chi connectivity index (χ0n) is 14.5. The van der Waals surface area contributed by atoms with Gasteiger partial charge in [-0.2, -0.15) is 0 Å². The normalized spacial score (nSPS) is 17.6. The summed E-state index contributed by atoms with van der Waals surface area (Å²) in [5.41, 5.74) is 1.65.